The Bertz CT molecular complexity index is 769. The van der Waals surface area contributed by atoms with Crippen LogP contribution in [0.4, 0.5) is 0 Å². The number of benzene rings is 2. The minimum atomic E-state index is -0.102. The molecule has 0 saturated heterocycles. The lowest BCUT2D eigenvalue weighted by atomic mass is 10.00. The number of aromatic amines is 1. The van der Waals surface area contributed by atoms with Crippen LogP contribution in [-0.2, 0) is 6.42 Å². The summed E-state index contributed by atoms with van der Waals surface area (Å²) >= 11 is 0. The van der Waals surface area contributed by atoms with Crippen molar-refractivity contribution in [2.24, 2.45) is 0 Å². The molecule has 0 unspecified atom stereocenters. The number of nitrogens with zero attached hydrogens (tertiary/aromatic N) is 1. The van der Waals surface area contributed by atoms with Crippen LogP contribution in [0.3, 0.4) is 0 Å². The molecular weight excluding hydrogens is 248 g/mol. The van der Waals surface area contributed by atoms with E-state index in [2.05, 4.69) is 35.9 Å². The summed E-state index contributed by atoms with van der Waals surface area (Å²) in [5.41, 5.74) is 4.34. The highest BCUT2D eigenvalue weighted by molar-refractivity contribution is 5.79. The van der Waals surface area contributed by atoms with Crippen molar-refractivity contribution in [1.82, 2.24) is 9.97 Å². The third-order valence-electron chi connectivity index (χ3n) is 3.73. The van der Waals surface area contributed by atoms with E-state index in [1.54, 1.807) is 0 Å². The summed E-state index contributed by atoms with van der Waals surface area (Å²) in [6.45, 7) is 4.24. The van der Waals surface area contributed by atoms with Crippen molar-refractivity contribution in [3.8, 4) is 17.1 Å². The Balaban J connectivity index is 1.80. The Kier molecular flexibility index (Phi) is 2.22. The molecular formula is C17H16N2O. The number of imidazole rings is 1. The second kappa shape index (κ2) is 3.85. The van der Waals surface area contributed by atoms with Gasteiger partial charge in [0, 0.05) is 12.0 Å². The third kappa shape index (κ3) is 1.78. The van der Waals surface area contributed by atoms with Gasteiger partial charge in [-0.15, -0.1) is 0 Å². The molecule has 0 fully saturated rings. The number of rotatable bonds is 1. The van der Waals surface area contributed by atoms with Gasteiger partial charge in [0.2, 0.25) is 0 Å². The van der Waals surface area contributed by atoms with Crippen LogP contribution >= 0.6 is 0 Å². The van der Waals surface area contributed by atoms with Crippen LogP contribution in [0.25, 0.3) is 22.4 Å². The molecule has 0 saturated carbocycles. The maximum absolute atomic E-state index is 5.91. The van der Waals surface area contributed by atoms with Crippen molar-refractivity contribution in [3.05, 3.63) is 48.0 Å². The van der Waals surface area contributed by atoms with Gasteiger partial charge in [0.1, 0.15) is 17.2 Å². The van der Waals surface area contributed by atoms with Gasteiger partial charge >= 0.3 is 0 Å². The minimum Gasteiger partial charge on any atom is -0.487 e. The second-order valence-corrected chi connectivity index (χ2v) is 5.96. The van der Waals surface area contributed by atoms with Crippen LogP contribution in [0.15, 0.2) is 42.5 Å². The van der Waals surface area contributed by atoms with Gasteiger partial charge < -0.3 is 9.72 Å². The Labute approximate surface area is 117 Å². The fraction of sp³-hybridized carbons (Fsp3) is 0.235. The number of fused-ring (bicyclic) bond motifs is 2. The van der Waals surface area contributed by atoms with Crippen molar-refractivity contribution in [1.29, 1.82) is 0 Å². The molecule has 100 valence electrons. The summed E-state index contributed by atoms with van der Waals surface area (Å²) in [4.78, 5) is 8.02. The van der Waals surface area contributed by atoms with E-state index in [9.17, 15) is 0 Å². The van der Waals surface area contributed by atoms with E-state index < -0.39 is 0 Å². The van der Waals surface area contributed by atoms with Crippen molar-refractivity contribution in [2.75, 3.05) is 0 Å². The van der Waals surface area contributed by atoms with E-state index >= 15 is 0 Å². The van der Waals surface area contributed by atoms with Gasteiger partial charge in [-0.25, -0.2) is 4.98 Å². The first kappa shape index (κ1) is 11.5. The van der Waals surface area contributed by atoms with E-state index in [0.717, 1.165) is 34.6 Å². The standard InChI is InChI=1S/C17H16N2O/c1-17(2)10-12-9-11(7-8-15(12)20-17)16-18-13-5-3-4-6-14(13)19-16/h3-9H,10H2,1-2H3,(H,18,19). The first-order chi connectivity index (χ1) is 9.61. The Morgan fingerprint density at radius 3 is 2.85 bits per heavy atom. The Morgan fingerprint density at radius 2 is 2.00 bits per heavy atom. The molecule has 4 rings (SSSR count). The minimum absolute atomic E-state index is 0.102. The lowest BCUT2D eigenvalue weighted by molar-refractivity contribution is 0.138. The smallest absolute Gasteiger partial charge is 0.138 e. The predicted octanol–water partition coefficient (Wildman–Crippen LogP) is 3.94. The zero-order valence-electron chi connectivity index (χ0n) is 11.6. The molecule has 0 radical (unpaired) electrons. The van der Waals surface area contributed by atoms with Crippen molar-refractivity contribution in [3.63, 3.8) is 0 Å². The fourth-order valence-electron chi connectivity index (χ4n) is 2.85. The molecule has 3 heteroatoms. The average Bonchev–Trinajstić information content (AvgIpc) is 2.96. The zero-order chi connectivity index (χ0) is 13.7. The monoisotopic (exact) mass is 264 g/mol. The molecule has 1 N–H and O–H groups in total. The summed E-state index contributed by atoms with van der Waals surface area (Å²) in [6, 6.07) is 14.4. The van der Waals surface area contributed by atoms with Crippen molar-refractivity contribution < 1.29 is 4.74 Å². The van der Waals surface area contributed by atoms with E-state index in [4.69, 9.17) is 4.74 Å². The van der Waals surface area contributed by atoms with Gasteiger partial charge in [-0.05, 0) is 49.7 Å². The van der Waals surface area contributed by atoms with E-state index in [-0.39, 0.29) is 5.60 Å². The molecule has 1 aliphatic heterocycles. The van der Waals surface area contributed by atoms with Gasteiger partial charge in [0.05, 0.1) is 11.0 Å². The van der Waals surface area contributed by atoms with Crippen LogP contribution in [0.1, 0.15) is 19.4 Å². The maximum atomic E-state index is 5.91. The molecule has 2 heterocycles. The molecule has 0 aliphatic carbocycles. The van der Waals surface area contributed by atoms with Gasteiger partial charge in [-0.1, -0.05) is 12.1 Å². The maximum Gasteiger partial charge on any atom is 0.138 e. The lowest BCUT2D eigenvalue weighted by Gasteiger charge is -2.16. The van der Waals surface area contributed by atoms with Crippen molar-refractivity contribution in [2.45, 2.75) is 25.9 Å². The fourth-order valence-corrected chi connectivity index (χ4v) is 2.85. The molecule has 1 aliphatic rings. The third-order valence-corrected chi connectivity index (χ3v) is 3.73. The topological polar surface area (TPSA) is 37.9 Å². The van der Waals surface area contributed by atoms with E-state index in [1.807, 2.05) is 30.3 Å². The molecule has 20 heavy (non-hydrogen) atoms. The lowest BCUT2D eigenvalue weighted by Crippen LogP contribution is -2.24. The number of para-hydroxylation sites is 2. The first-order valence-corrected chi connectivity index (χ1v) is 6.88. The number of H-pyrrole nitrogens is 1. The van der Waals surface area contributed by atoms with Crippen LogP contribution < -0.4 is 4.74 Å². The molecule has 3 aromatic rings. The molecule has 0 amide bonds. The van der Waals surface area contributed by atoms with Gasteiger partial charge in [0.15, 0.2) is 0 Å². The van der Waals surface area contributed by atoms with Gasteiger partial charge in [-0.2, -0.15) is 0 Å². The molecule has 0 bridgehead atoms. The number of aromatic nitrogens is 2. The highest BCUT2D eigenvalue weighted by Gasteiger charge is 2.30. The molecule has 0 atom stereocenters. The summed E-state index contributed by atoms with van der Waals surface area (Å²) in [7, 11) is 0. The number of hydrogen-bond donors (Lipinski definition) is 1. The summed E-state index contributed by atoms with van der Waals surface area (Å²) in [6.07, 6.45) is 0.941. The highest BCUT2D eigenvalue weighted by atomic mass is 16.5. The van der Waals surface area contributed by atoms with Crippen LogP contribution in [0, 0.1) is 0 Å². The quantitative estimate of drug-likeness (QED) is 0.722. The largest absolute Gasteiger partial charge is 0.487 e. The normalized spacial score (nSPS) is 16.1. The molecule has 0 spiro atoms. The van der Waals surface area contributed by atoms with Gasteiger partial charge in [0.25, 0.3) is 0 Å². The second-order valence-electron chi connectivity index (χ2n) is 5.96. The van der Waals surface area contributed by atoms with Crippen LogP contribution in [0.2, 0.25) is 0 Å². The zero-order valence-corrected chi connectivity index (χ0v) is 11.6. The van der Waals surface area contributed by atoms with Crippen LogP contribution in [-0.4, -0.2) is 15.6 Å². The first-order valence-electron chi connectivity index (χ1n) is 6.88. The Hall–Kier alpha value is -2.29. The molecule has 1 aromatic heterocycles. The summed E-state index contributed by atoms with van der Waals surface area (Å²) < 4.78 is 5.91. The number of hydrogen-bond acceptors (Lipinski definition) is 2. The van der Waals surface area contributed by atoms with E-state index in [1.165, 1.54) is 5.56 Å². The van der Waals surface area contributed by atoms with Gasteiger partial charge in [-0.3, -0.25) is 0 Å². The number of ether oxygens (including phenoxy) is 1. The highest BCUT2D eigenvalue weighted by Crippen LogP contribution is 2.37. The predicted molar refractivity (Wildman–Crippen MR) is 79.9 cm³/mol. The molecule has 3 nitrogen and oxygen atoms in total. The van der Waals surface area contributed by atoms with E-state index in [0.29, 0.717) is 0 Å². The average molecular weight is 264 g/mol. The van der Waals surface area contributed by atoms with Crippen molar-refractivity contribution >= 4 is 11.0 Å². The SMILES string of the molecule is CC1(C)Cc2cc(-c3nc4ccccc4[nH]3)ccc2O1. The Morgan fingerprint density at radius 1 is 1.15 bits per heavy atom. The summed E-state index contributed by atoms with van der Waals surface area (Å²) in [5, 5.41) is 0. The van der Waals surface area contributed by atoms with Crippen LogP contribution in [0.5, 0.6) is 5.75 Å². The summed E-state index contributed by atoms with van der Waals surface area (Å²) in [5.74, 6) is 1.91. The number of nitrogens with one attached hydrogen (secondary N) is 1. The molecule has 2 aromatic carbocycles.